The summed E-state index contributed by atoms with van der Waals surface area (Å²) < 4.78 is 0. The highest BCUT2D eigenvalue weighted by Gasteiger charge is 2.19. The molecule has 6 heteroatoms. The van der Waals surface area contributed by atoms with Crippen LogP contribution in [0.4, 0.5) is 5.82 Å². The van der Waals surface area contributed by atoms with Gasteiger partial charge in [0.15, 0.2) is 11.5 Å². The predicted molar refractivity (Wildman–Crippen MR) is 75.2 cm³/mol. The van der Waals surface area contributed by atoms with Gasteiger partial charge >= 0.3 is 0 Å². The number of nitrogens with one attached hydrogen (secondary N) is 2. The number of rotatable bonds is 4. The normalized spacial score (nSPS) is 16.9. The van der Waals surface area contributed by atoms with Crippen LogP contribution in [-0.4, -0.2) is 46.1 Å². The number of nitrogens with zero attached hydrogens (tertiary/aromatic N) is 4. The Morgan fingerprint density at radius 3 is 2.89 bits per heavy atom. The Morgan fingerprint density at radius 2 is 2.11 bits per heavy atom. The standard InChI is InChI=1S/C13H20N6/c1-2-19(7-10-3-5-14-6-4-10)13-11-12(16-8-15-11)17-9-18-13/h8-10,14H,2-7H2,1H3,(H,15,16,17,18). The third kappa shape index (κ3) is 2.53. The first-order valence-electron chi connectivity index (χ1n) is 6.98. The largest absolute Gasteiger partial charge is 0.355 e. The third-order valence-corrected chi connectivity index (χ3v) is 3.82. The van der Waals surface area contributed by atoms with Crippen LogP contribution in [0.25, 0.3) is 11.2 Å². The molecule has 3 rings (SSSR count). The van der Waals surface area contributed by atoms with Crippen LogP contribution in [0, 0.1) is 5.92 Å². The van der Waals surface area contributed by atoms with E-state index < -0.39 is 0 Å². The molecule has 2 aromatic heterocycles. The minimum Gasteiger partial charge on any atom is -0.355 e. The molecule has 0 radical (unpaired) electrons. The Hall–Kier alpha value is -1.69. The number of H-pyrrole nitrogens is 1. The van der Waals surface area contributed by atoms with E-state index in [1.165, 1.54) is 12.8 Å². The Labute approximate surface area is 112 Å². The van der Waals surface area contributed by atoms with Gasteiger partial charge in [0, 0.05) is 13.1 Å². The molecule has 0 unspecified atom stereocenters. The van der Waals surface area contributed by atoms with Crippen LogP contribution in [0.5, 0.6) is 0 Å². The van der Waals surface area contributed by atoms with Crippen molar-refractivity contribution in [3.05, 3.63) is 12.7 Å². The van der Waals surface area contributed by atoms with Crippen molar-refractivity contribution in [3.63, 3.8) is 0 Å². The molecule has 6 nitrogen and oxygen atoms in total. The Kier molecular flexibility index (Phi) is 3.59. The van der Waals surface area contributed by atoms with E-state index in [9.17, 15) is 0 Å². The van der Waals surface area contributed by atoms with Gasteiger partial charge in [-0.2, -0.15) is 0 Å². The van der Waals surface area contributed by atoms with E-state index >= 15 is 0 Å². The van der Waals surface area contributed by atoms with Crippen molar-refractivity contribution in [2.24, 2.45) is 5.92 Å². The monoisotopic (exact) mass is 260 g/mol. The van der Waals surface area contributed by atoms with Gasteiger partial charge in [0.1, 0.15) is 11.8 Å². The van der Waals surface area contributed by atoms with Gasteiger partial charge in [-0.3, -0.25) is 0 Å². The van der Waals surface area contributed by atoms with E-state index in [4.69, 9.17) is 0 Å². The minimum absolute atomic E-state index is 0.744. The molecule has 102 valence electrons. The first-order chi connectivity index (χ1) is 9.38. The molecular formula is C13H20N6. The lowest BCUT2D eigenvalue weighted by Crippen LogP contribution is -2.36. The van der Waals surface area contributed by atoms with E-state index in [1.807, 2.05) is 0 Å². The van der Waals surface area contributed by atoms with E-state index in [2.05, 4.69) is 37.1 Å². The Bertz CT molecular complexity index is 531. The average Bonchev–Trinajstić information content (AvgIpc) is 2.94. The first-order valence-corrected chi connectivity index (χ1v) is 6.98. The minimum atomic E-state index is 0.744. The molecule has 1 fully saturated rings. The van der Waals surface area contributed by atoms with E-state index in [1.54, 1.807) is 12.7 Å². The Morgan fingerprint density at radius 1 is 1.26 bits per heavy atom. The second kappa shape index (κ2) is 5.52. The second-order valence-electron chi connectivity index (χ2n) is 5.03. The number of piperidine rings is 1. The van der Waals surface area contributed by atoms with Crippen molar-refractivity contribution in [3.8, 4) is 0 Å². The number of fused-ring (bicyclic) bond motifs is 1. The molecule has 0 aliphatic carbocycles. The van der Waals surface area contributed by atoms with Crippen molar-refractivity contribution in [1.29, 1.82) is 0 Å². The number of imidazole rings is 1. The number of anilines is 1. The van der Waals surface area contributed by atoms with Gasteiger partial charge < -0.3 is 15.2 Å². The van der Waals surface area contributed by atoms with E-state index in [0.29, 0.717) is 0 Å². The molecule has 1 aliphatic rings. The molecular weight excluding hydrogens is 240 g/mol. The average molecular weight is 260 g/mol. The van der Waals surface area contributed by atoms with Crippen LogP contribution < -0.4 is 10.2 Å². The van der Waals surface area contributed by atoms with Gasteiger partial charge in [-0.1, -0.05) is 0 Å². The van der Waals surface area contributed by atoms with Gasteiger partial charge in [0.05, 0.1) is 6.33 Å². The topological polar surface area (TPSA) is 69.7 Å². The lowest BCUT2D eigenvalue weighted by atomic mass is 9.97. The van der Waals surface area contributed by atoms with Crippen LogP contribution in [0.15, 0.2) is 12.7 Å². The summed E-state index contributed by atoms with van der Waals surface area (Å²) in [5.74, 6) is 1.72. The lowest BCUT2D eigenvalue weighted by Gasteiger charge is -2.30. The summed E-state index contributed by atoms with van der Waals surface area (Å²) in [6.07, 6.45) is 5.77. The summed E-state index contributed by atoms with van der Waals surface area (Å²) in [6, 6.07) is 0. The smallest absolute Gasteiger partial charge is 0.182 e. The molecule has 0 atom stereocenters. The fourth-order valence-corrected chi connectivity index (χ4v) is 2.73. The first kappa shape index (κ1) is 12.3. The SMILES string of the molecule is CCN(CC1CCNCC1)c1ncnc2nc[nH]c12. The number of hydrogen-bond donors (Lipinski definition) is 2. The van der Waals surface area contributed by atoms with Gasteiger partial charge in [0.2, 0.25) is 0 Å². The molecule has 0 aromatic carbocycles. The summed E-state index contributed by atoms with van der Waals surface area (Å²) in [4.78, 5) is 18.3. The maximum atomic E-state index is 4.44. The molecule has 2 aromatic rings. The Balaban J connectivity index is 1.82. The van der Waals surface area contributed by atoms with Crippen LogP contribution in [0.2, 0.25) is 0 Å². The maximum absolute atomic E-state index is 4.44. The summed E-state index contributed by atoms with van der Waals surface area (Å²) in [6.45, 7) is 6.45. The predicted octanol–water partition coefficient (Wildman–Crippen LogP) is 1.18. The number of aromatic amines is 1. The molecule has 1 aliphatic heterocycles. The fraction of sp³-hybridized carbons (Fsp3) is 0.615. The zero-order valence-electron chi connectivity index (χ0n) is 11.3. The van der Waals surface area contributed by atoms with Gasteiger partial charge in [-0.05, 0) is 38.8 Å². The molecule has 2 N–H and O–H groups in total. The van der Waals surface area contributed by atoms with Crippen molar-refractivity contribution < 1.29 is 0 Å². The molecule has 0 spiro atoms. The molecule has 3 heterocycles. The van der Waals surface area contributed by atoms with E-state index in [-0.39, 0.29) is 0 Å². The van der Waals surface area contributed by atoms with Crippen LogP contribution in [-0.2, 0) is 0 Å². The molecule has 19 heavy (non-hydrogen) atoms. The quantitative estimate of drug-likeness (QED) is 0.864. The van der Waals surface area contributed by atoms with E-state index in [0.717, 1.165) is 49.1 Å². The van der Waals surface area contributed by atoms with Crippen molar-refractivity contribution >= 4 is 17.0 Å². The maximum Gasteiger partial charge on any atom is 0.182 e. The summed E-state index contributed by atoms with van der Waals surface area (Å²) in [7, 11) is 0. The highest BCUT2D eigenvalue weighted by atomic mass is 15.2. The number of aromatic nitrogens is 4. The molecule has 0 amide bonds. The summed E-state index contributed by atoms with van der Waals surface area (Å²) in [5.41, 5.74) is 1.69. The zero-order chi connectivity index (χ0) is 13.1. The lowest BCUT2D eigenvalue weighted by molar-refractivity contribution is 0.374. The van der Waals surface area contributed by atoms with Crippen LogP contribution in [0.3, 0.4) is 0 Å². The zero-order valence-corrected chi connectivity index (χ0v) is 11.3. The summed E-state index contributed by atoms with van der Waals surface area (Å²) >= 11 is 0. The highest BCUT2D eigenvalue weighted by Crippen LogP contribution is 2.22. The number of hydrogen-bond acceptors (Lipinski definition) is 5. The van der Waals surface area contributed by atoms with Crippen LogP contribution >= 0.6 is 0 Å². The second-order valence-corrected chi connectivity index (χ2v) is 5.03. The van der Waals surface area contributed by atoms with Crippen LogP contribution in [0.1, 0.15) is 19.8 Å². The van der Waals surface area contributed by atoms with Crippen molar-refractivity contribution in [2.45, 2.75) is 19.8 Å². The molecule has 1 saturated heterocycles. The van der Waals surface area contributed by atoms with Crippen molar-refractivity contribution in [2.75, 3.05) is 31.1 Å². The fourth-order valence-electron chi connectivity index (χ4n) is 2.73. The summed E-state index contributed by atoms with van der Waals surface area (Å²) in [5, 5.41) is 3.41. The molecule has 0 bridgehead atoms. The van der Waals surface area contributed by atoms with Gasteiger partial charge in [-0.15, -0.1) is 0 Å². The van der Waals surface area contributed by atoms with Gasteiger partial charge in [0.25, 0.3) is 0 Å². The van der Waals surface area contributed by atoms with Gasteiger partial charge in [-0.25, -0.2) is 15.0 Å². The third-order valence-electron chi connectivity index (χ3n) is 3.82. The molecule has 0 saturated carbocycles. The van der Waals surface area contributed by atoms with Crippen molar-refractivity contribution in [1.82, 2.24) is 25.3 Å². The highest BCUT2D eigenvalue weighted by molar-refractivity contribution is 5.82.